The first-order chi connectivity index (χ1) is 4.13. The summed E-state index contributed by atoms with van der Waals surface area (Å²) in [5.41, 5.74) is 4.66. The van der Waals surface area contributed by atoms with Gasteiger partial charge in [0.25, 0.3) is 0 Å². The van der Waals surface area contributed by atoms with Crippen molar-refractivity contribution in [2.75, 3.05) is 0 Å². The van der Waals surface area contributed by atoms with E-state index in [-0.39, 0.29) is 0 Å². The van der Waals surface area contributed by atoms with Crippen LogP contribution in [0, 0.1) is 5.92 Å². The Morgan fingerprint density at radius 3 is 2.00 bits per heavy atom. The fraction of sp³-hybridized carbons (Fsp3) is 0.250. The van der Waals surface area contributed by atoms with Gasteiger partial charge in [0, 0.05) is 0 Å². The Balaban J connectivity index is 2.70. The molecule has 48 valence electrons. The third-order valence-corrected chi connectivity index (χ3v) is 1.06. The molecule has 0 atom stereocenters. The van der Waals surface area contributed by atoms with E-state index in [2.05, 4.69) is 5.73 Å². The maximum absolute atomic E-state index is 10.2. The number of imide groups is 1. The minimum absolute atomic E-state index is 0.604. The number of carbonyl (C=O) groups excluding carboxylic acids is 3. The summed E-state index contributed by atoms with van der Waals surface area (Å²) >= 11 is 0. The molecular formula is C4H4N2O3. The average molecular weight is 128 g/mol. The van der Waals surface area contributed by atoms with Gasteiger partial charge >= 0.3 is 0 Å². The quantitative estimate of drug-likeness (QED) is 0.308. The lowest BCUT2D eigenvalue weighted by Gasteiger charge is -2.19. The molecule has 3 N–H and O–H groups in total. The molecule has 0 radical (unpaired) electrons. The third kappa shape index (κ3) is 0.658. The Morgan fingerprint density at radius 1 is 1.44 bits per heavy atom. The summed E-state index contributed by atoms with van der Waals surface area (Å²) in [6.07, 6.45) is 0. The van der Waals surface area contributed by atoms with Gasteiger partial charge in [-0.05, 0) is 0 Å². The Labute approximate surface area is 50.2 Å². The van der Waals surface area contributed by atoms with E-state index in [1.54, 1.807) is 0 Å². The molecule has 0 aliphatic carbocycles. The van der Waals surface area contributed by atoms with Crippen LogP contribution in [0.4, 0.5) is 0 Å². The Kier molecular flexibility index (Phi) is 0.985. The maximum atomic E-state index is 10.2. The molecule has 0 unspecified atom stereocenters. The van der Waals surface area contributed by atoms with Gasteiger partial charge in [0.05, 0.1) is 0 Å². The van der Waals surface area contributed by atoms with Gasteiger partial charge in [-0.25, -0.2) is 0 Å². The smallest absolute Gasteiger partial charge is 0.248 e. The SMILES string of the molecule is NC(=O)C1C(=O)NC1=O. The number of amides is 3. The summed E-state index contributed by atoms with van der Waals surface area (Å²) in [5.74, 6) is -3.33. The molecule has 1 heterocycles. The highest BCUT2D eigenvalue weighted by atomic mass is 16.2. The second-order valence-electron chi connectivity index (χ2n) is 1.69. The molecule has 1 rings (SSSR count). The van der Waals surface area contributed by atoms with Crippen molar-refractivity contribution < 1.29 is 14.4 Å². The number of hydrogen-bond acceptors (Lipinski definition) is 3. The molecule has 1 aliphatic heterocycles. The van der Waals surface area contributed by atoms with E-state index in [0.717, 1.165) is 0 Å². The first-order valence-electron chi connectivity index (χ1n) is 2.27. The van der Waals surface area contributed by atoms with E-state index >= 15 is 0 Å². The standard InChI is InChI=1S/C4H4N2O3/c5-2(7)1-3(8)6-4(1)9/h1H,(H2,5,7)(H,6,8,9). The summed E-state index contributed by atoms with van der Waals surface area (Å²) in [5, 5.41) is 1.86. The van der Waals surface area contributed by atoms with E-state index < -0.39 is 23.6 Å². The van der Waals surface area contributed by atoms with E-state index in [0.29, 0.717) is 0 Å². The van der Waals surface area contributed by atoms with Crippen molar-refractivity contribution in [3.8, 4) is 0 Å². The van der Waals surface area contributed by atoms with Gasteiger partial charge in [0.2, 0.25) is 17.7 Å². The lowest BCUT2D eigenvalue weighted by atomic mass is 10.0. The highest BCUT2D eigenvalue weighted by molar-refractivity contribution is 6.29. The lowest BCUT2D eigenvalue weighted by molar-refractivity contribution is -0.151. The van der Waals surface area contributed by atoms with Gasteiger partial charge < -0.3 is 5.73 Å². The van der Waals surface area contributed by atoms with Gasteiger partial charge in [-0.3, -0.25) is 19.7 Å². The Morgan fingerprint density at radius 2 is 1.89 bits per heavy atom. The molecule has 1 saturated heterocycles. The van der Waals surface area contributed by atoms with Gasteiger partial charge in [0.1, 0.15) is 0 Å². The normalized spacial score (nSPS) is 18.7. The van der Waals surface area contributed by atoms with Crippen molar-refractivity contribution in [1.29, 1.82) is 0 Å². The Bertz CT molecular complexity index is 173. The van der Waals surface area contributed by atoms with Crippen LogP contribution >= 0.6 is 0 Å². The maximum Gasteiger partial charge on any atom is 0.248 e. The van der Waals surface area contributed by atoms with Gasteiger partial charge in [-0.1, -0.05) is 0 Å². The summed E-state index contributed by atoms with van der Waals surface area (Å²) in [4.78, 5) is 30.6. The minimum Gasteiger partial charge on any atom is -0.369 e. The molecule has 5 heteroatoms. The molecular weight excluding hydrogens is 124 g/mol. The summed E-state index contributed by atoms with van der Waals surface area (Å²) in [7, 11) is 0. The predicted molar refractivity (Wildman–Crippen MR) is 25.8 cm³/mol. The highest BCUT2D eigenvalue weighted by Crippen LogP contribution is 2.04. The number of carbonyl (C=O) groups is 3. The average Bonchev–Trinajstić information content (AvgIpc) is 1.62. The van der Waals surface area contributed by atoms with Crippen molar-refractivity contribution >= 4 is 17.7 Å². The lowest BCUT2D eigenvalue weighted by Crippen LogP contribution is -2.59. The van der Waals surface area contributed by atoms with Crippen LogP contribution in [0.15, 0.2) is 0 Å². The molecule has 0 aromatic rings. The third-order valence-electron chi connectivity index (χ3n) is 1.06. The molecule has 9 heavy (non-hydrogen) atoms. The second kappa shape index (κ2) is 1.54. The molecule has 0 aromatic carbocycles. The summed E-state index contributed by atoms with van der Waals surface area (Å²) in [6, 6.07) is 0. The van der Waals surface area contributed by atoms with E-state index in [4.69, 9.17) is 0 Å². The number of nitrogens with one attached hydrogen (secondary N) is 1. The summed E-state index contributed by atoms with van der Waals surface area (Å²) in [6.45, 7) is 0. The zero-order chi connectivity index (χ0) is 7.02. The first-order valence-corrected chi connectivity index (χ1v) is 2.27. The van der Waals surface area contributed by atoms with Crippen LogP contribution in [-0.2, 0) is 14.4 Å². The van der Waals surface area contributed by atoms with Crippen molar-refractivity contribution in [2.24, 2.45) is 11.7 Å². The number of primary amides is 1. The van der Waals surface area contributed by atoms with Crippen LogP contribution in [0.2, 0.25) is 0 Å². The van der Waals surface area contributed by atoms with Crippen LogP contribution < -0.4 is 11.1 Å². The Hall–Kier alpha value is -1.39. The van der Waals surface area contributed by atoms with Gasteiger partial charge in [-0.15, -0.1) is 0 Å². The number of rotatable bonds is 1. The molecule has 0 aromatic heterocycles. The number of hydrogen-bond donors (Lipinski definition) is 2. The van der Waals surface area contributed by atoms with Gasteiger partial charge in [0.15, 0.2) is 5.92 Å². The van der Waals surface area contributed by atoms with E-state index in [1.165, 1.54) is 0 Å². The molecule has 0 saturated carbocycles. The zero-order valence-corrected chi connectivity index (χ0v) is 4.38. The number of β-lactam (4-membered cyclic amide) rings is 2. The van der Waals surface area contributed by atoms with Crippen LogP contribution in [0.5, 0.6) is 0 Å². The molecule has 1 aliphatic rings. The van der Waals surface area contributed by atoms with Crippen molar-refractivity contribution in [2.45, 2.75) is 0 Å². The van der Waals surface area contributed by atoms with Crippen LogP contribution in [0.25, 0.3) is 0 Å². The van der Waals surface area contributed by atoms with E-state index in [1.807, 2.05) is 5.32 Å². The highest BCUT2D eigenvalue weighted by Gasteiger charge is 2.42. The first kappa shape index (κ1) is 5.74. The fourth-order valence-electron chi connectivity index (χ4n) is 0.565. The minimum atomic E-state index is -1.23. The second-order valence-corrected chi connectivity index (χ2v) is 1.69. The summed E-state index contributed by atoms with van der Waals surface area (Å²) < 4.78 is 0. The fourth-order valence-corrected chi connectivity index (χ4v) is 0.565. The van der Waals surface area contributed by atoms with Crippen LogP contribution in [0.3, 0.4) is 0 Å². The topological polar surface area (TPSA) is 89.3 Å². The molecule has 0 spiro atoms. The zero-order valence-electron chi connectivity index (χ0n) is 4.38. The number of nitrogens with two attached hydrogens (primary N) is 1. The monoisotopic (exact) mass is 128 g/mol. The van der Waals surface area contributed by atoms with Crippen molar-refractivity contribution in [3.63, 3.8) is 0 Å². The molecule has 1 fully saturated rings. The van der Waals surface area contributed by atoms with Crippen molar-refractivity contribution in [1.82, 2.24) is 5.32 Å². The molecule has 3 amide bonds. The predicted octanol–water partition coefficient (Wildman–Crippen LogP) is -2.26. The van der Waals surface area contributed by atoms with Crippen LogP contribution in [-0.4, -0.2) is 17.7 Å². The van der Waals surface area contributed by atoms with Crippen molar-refractivity contribution in [3.05, 3.63) is 0 Å². The largest absolute Gasteiger partial charge is 0.369 e. The molecule has 0 bridgehead atoms. The van der Waals surface area contributed by atoms with E-state index in [9.17, 15) is 14.4 Å². The van der Waals surface area contributed by atoms with Crippen LogP contribution in [0.1, 0.15) is 0 Å². The van der Waals surface area contributed by atoms with Gasteiger partial charge in [-0.2, -0.15) is 0 Å². The molecule has 5 nitrogen and oxygen atoms in total.